The van der Waals surface area contributed by atoms with Gasteiger partial charge in [-0.15, -0.1) is 0 Å². The molecule has 0 aromatic rings. The lowest BCUT2D eigenvalue weighted by molar-refractivity contribution is -0.241. The zero-order chi connectivity index (χ0) is 40.0. The summed E-state index contributed by atoms with van der Waals surface area (Å²) < 4.78 is 27.2. The molecule has 1 atom stereocenters. The van der Waals surface area contributed by atoms with Crippen LogP contribution in [0.5, 0.6) is 0 Å². The molecule has 0 saturated heterocycles. The minimum absolute atomic E-state index is 0.124. The second-order valence-corrected chi connectivity index (χ2v) is 15.5. The highest BCUT2D eigenvalue weighted by Gasteiger charge is 2.42. The zero-order valence-corrected chi connectivity index (χ0v) is 36.5. The number of nitrogens with one attached hydrogen (secondary N) is 1. The van der Waals surface area contributed by atoms with E-state index in [1.165, 1.54) is 89.9 Å². The van der Waals surface area contributed by atoms with Gasteiger partial charge in [-0.1, -0.05) is 176 Å². The van der Waals surface area contributed by atoms with Gasteiger partial charge in [-0.05, 0) is 44.9 Å². The van der Waals surface area contributed by atoms with Crippen LogP contribution >= 0.6 is 0 Å². The molecule has 1 amide bonds. The molecule has 8 nitrogen and oxygen atoms in total. The molecule has 2 N–H and O–H groups in total. The Bertz CT molecular complexity index is 882. The Morgan fingerprint density at radius 2 is 0.963 bits per heavy atom. The fourth-order valence-corrected chi connectivity index (χ4v) is 6.69. The van der Waals surface area contributed by atoms with Gasteiger partial charge in [0, 0.05) is 12.8 Å². The molecule has 0 aromatic heterocycles. The lowest BCUT2D eigenvalue weighted by Crippen LogP contribution is -2.44. The van der Waals surface area contributed by atoms with Gasteiger partial charge in [0.2, 0.25) is 23.3 Å². The minimum Gasteiger partial charge on any atom is -0.488 e. The van der Waals surface area contributed by atoms with Gasteiger partial charge in [-0.3, -0.25) is 14.9 Å². The van der Waals surface area contributed by atoms with Gasteiger partial charge in [-0.2, -0.15) is 0 Å². The summed E-state index contributed by atoms with van der Waals surface area (Å²) in [5, 5.41) is 12.4. The van der Waals surface area contributed by atoms with E-state index in [4.69, 9.17) is 18.9 Å². The van der Waals surface area contributed by atoms with E-state index < -0.39 is 17.7 Å². The van der Waals surface area contributed by atoms with Gasteiger partial charge in [0.05, 0.1) is 26.2 Å². The maximum absolute atomic E-state index is 13.4. The molecule has 0 aliphatic rings. The predicted molar refractivity (Wildman–Crippen MR) is 225 cm³/mol. The van der Waals surface area contributed by atoms with Crippen LogP contribution in [0, 0.1) is 0 Å². The highest BCUT2D eigenvalue weighted by atomic mass is 16.7. The first-order valence-corrected chi connectivity index (χ1v) is 23.2. The third-order valence-electron chi connectivity index (χ3n) is 10.2. The van der Waals surface area contributed by atoms with Crippen LogP contribution in [-0.4, -0.2) is 48.7 Å². The Morgan fingerprint density at radius 1 is 0.519 bits per heavy atom. The van der Waals surface area contributed by atoms with Crippen LogP contribution in [0.1, 0.15) is 241 Å². The summed E-state index contributed by atoms with van der Waals surface area (Å²) in [6.07, 6.45) is 31.7. The minimum atomic E-state index is -1.22. The fraction of sp³-hybridized carbons (Fsp3) is 0.913. The number of carbonyl (C=O) groups excluding carboxylic acids is 1. The number of aliphatic carboxylic acids is 1. The fourth-order valence-electron chi connectivity index (χ4n) is 6.69. The summed E-state index contributed by atoms with van der Waals surface area (Å²) >= 11 is 0. The number of rotatable bonds is 42. The predicted octanol–water partition coefficient (Wildman–Crippen LogP) is 13.7. The number of carbonyl (C=O) groups is 2. The molecule has 54 heavy (non-hydrogen) atoms. The summed E-state index contributed by atoms with van der Waals surface area (Å²) in [5.74, 6) is -1.98. The van der Waals surface area contributed by atoms with Crippen molar-refractivity contribution in [1.82, 2.24) is 5.32 Å². The molecule has 0 spiro atoms. The van der Waals surface area contributed by atoms with Gasteiger partial charge >= 0.3 is 5.97 Å². The number of amides is 1. The number of unbranched alkanes of at least 4 members (excludes halogenated alkanes) is 20. The average Bonchev–Trinajstić information content (AvgIpc) is 3.15. The Labute approximate surface area is 334 Å². The summed E-state index contributed by atoms with van der Waals surface area (Å²) in [6.45, 7) is 14.6. The molecule has 320 valence electrons. The Kier molecular flexibility index (Phi) is 36.8. The summed E-state index contributed by atoms with van der Waals surface area (Å²) in [5.41, 5.74) is 0. The number of ether oxygens (including phenoxy) is 4. The molecule has 0 heterocycles. The van der Waals surface area contributed by atoms with Crippen molar-refractivity contribution >= 4 is 11.9 Å². The Balaban J connectivity index is 6.55. The van der Waals surface area contributed by atoms with E-state index in [1.54, 1.807) is 0 Å². The summed E-state index contributed by atoms with van der Waals surface area (Å²) in [6, 6.07) is 0. The quantitative estimate of drug-likeness (QED) is 0.0362. The van der Waals surface area contributed by atoms with Crippen molar-refractivity contribution in [3.05, 3.63) is 11.6 Å². The first-order valence-electron chi connectivity index (χ1n) is 23.2. The second-order valence-electron chi connectivity index (χ2n) is 15.5. The first-order chi connectivity index (χ1) is 26.3. The highest BCUT2D eigenvalue weighted by molar-refractivity contribution is 5.81. The van der Waals surface area contributed by atoms with Gasteiger partial charge in [0.25, 0.3) is 0 Å². The van der Waals surface area contributed by atoms with Crippen LogP contribution in [0.2, 0.25) is 0 Å². The third-order valence-corrected chi connectivity index (χ3v) is 10.2. The van der Waals surface area contributed by atoms with Crippen molar-refractivity contribution < 1.29 is 33.6 Å². The molecular weight excluding hydrogens is 679 g/mol. The van der Waals surface area contributed by atoms with Gasteiger partial charge < -0.3 is 24.1 Å². The number of hydrogen-bond donors (Lipinski definition) is 2. The smallest absolute Gasteiger partial charge is 0.303 e. The van der Waals surface area contributed by atoms with E-state index in [0.29, 0.717) is 32.0 Å². The standard InChI is InChI=1S/C46H89NO7/c1-7-13-18-20-22-24-25-26-28-30-32-37-46(52-39-16-10-4,53-40-17-11-5)44(51-38-15-9-3)45(47-42(48)35-36-43(49)50)54-41(33-12-6)34-31-29-27-23-21-19-14-8-2/h41H,7-40H2,1-6H3,(H,47,48)(H,49,50)/b45-44-. The largest absolute Gasteiger partial charge is 0.488 e. The van der Waals surface area contributed by atoms with Crippen molar-refractivity contribution in [3.63, 3.8) is 0 Å². The van der Waals surface area contributed by atoms with Crippen molar-refractivity contribution in [2.75, 3.05) is 19.8 Å². The molecule has 0 aromatic carbocycles. The topological polar surface area (TPSA) is 103 Å². The molecule has 0 radical (unpaired) electrons. The first kappa shape index (κ1) is 52.2. The number of hydrogen-bond acceptors (Lipinski definition) is 6. The molecule has 0 bridgehead atoms. The van der Waals surface area contributed by atoms with Crippen LogP contribution in [0.25, 0.3) is 0 Å². The van der Waals surface area contributed by atoms with E-state index in [-0.39, 0.29) is 24.8 Å². The summed E-state index contributed by atoms with van der Waals surface area (Å²) in [7, 11) is 0. The van der Waals surface area contributed by atoms with Crippen molar-refractivity contribution in [2.45, 2.75) is 252 Å². The molecular formula is C46H89NO7. The molecule has 8 heteroatoms. The molecule has 0 aliphatic carbocycles. The maximum atomic E-state index is 13.4. The maximum Gasteiger partial charge on any atom is 0.303 e. The van der Waals surface area contributed by atoms with E-state index >= 15 is 0 Å². The van der Waals surface area contributed by atoms with Crippen LogP contribution in [0.4, 0.5) is 0 Å². The van der Waals surface area contributed by atoms with Crippen molar-refractivity contribution in [2.24, 2.45) is 0 Å². The molecule has 0 fully saturated rings. The molecule has 0 rings (SSSR count). The van der Waals surface area contributed by atoms with E-state index in [9.17, 15) is 14.7 Å². The van der Waals surface area contributed by atoms with Crippen LogP contribution in [0.15, 0.2) is 11.6 Å². The zero-order valence-electron chi connectivity index (χ0n) is 36.5. The normalized spacial score (nSPS) is 12.8. The average molecular weight is 768 g/mol. The number of carboxylic acid groups (broad SMARTS) is 1. The third kappa shape index (κ3) is 28.6. The Hall–Kier alpha value is -1.80. The van der Waals surface area contributed by atoms with Crippen LogP contribution < -0.4 is 5.32 Å². The van der Waals surface area contributed by atoms with Gasteiger partial charge in [0.15, 0.2) is 0 Å². The second kappa shape index (κ2) is 38.1. The van der Waals surface area contributed by atoms with Crippen LogP contribution in [0.3, 0.4) is 0 Å². The lowest BCUT2D eigenvalue weighted by atomic mass is 10.0. The van der Waals surface area contributed by atoms with E-state index in [0.717, 1.165) is 89.9 Å². The monoisotopic (exact) mass is 768 g/mol. The van der Waals surface area contributed by atoms with Crippen molar-refractivity contribution in [3.8, 4) is 0 Å². The lowest BCUT2D eigenvalue weighted by Gasteiger charge is -2.37. The van der Waals surface area contributed by atoms with Crippen molar-refractivity contribution in [1.29, 1.82) is 0 Å². The van der Waals surface area contributed by atoms with Gasteiger partial charge in [-0.25, -0.2) is 0 Å². The summed E-state index contributed by atoms with van der Waals surface area (Å²) in [4.78, 5) is 24.9. The van der Waals surface area contributed by atoms with Crippen LogP contribution in [-0.2, 0) is 28.5 Å². The molecule has 0 aliphatic heterocycles. The number of carboxylic acids is 1. The SMILES string of the molecule is CCCCCCCCCCCCCC(OCCCC)(OCCCC)/C(OCCCC)=C(\NC(=O)CCC(=O)O)OC(CCC)CCCCCCCCCC. The van der Waals surface area contributed by atoms with E-state index in [1.807, 2.05) is 0 Å². The van der Waals surface area contributed by atoms with E-state index in [2.05, 4.69) is 46.9 Å². The highest BCUT2D eigenvalue weighted by Crippen LogP contribution is 2.35. The molecule has 1 unspecified atom stereocenters. The Morgan fingerprint density at radius 3 is 1.43 bits per heavy atom. The van der Waals surface area contributed by atoms with Gasteiger partial charge in [0.1, 0.15) is 6.10 Å². The molecule has 0 saturated carbocycles.